The standard InChI is InChI=1S/C10H15ClN2O3S/c1-7-9(12)5-8(11)6-10(7)17(14,15)13-3-4-16-2/h5-6,13H,3-4,12H2,1-2H3. The van der Waals surface area contributed by atoms with Gasteiger partial charge in [0.25, 0.3) is 0 Å². The molecular formula is C10H15ClN2O3S. The first-order valence-corrected chi connectivity index (χ1v) is 6.79. The van der Waals surface area contributed by atoms with Gasteiger partial charge in [-0.25, -0.2) is 13.1 Å². The number of halogens is 1. The summed E-state index contributed by atoms with van der Waals surface area (Å²) in [6.07, 6.45) is 0. The molecule has 5 nitrogen and oxygen atoms in total. The molecule has 0 radical (unpaired) electrons. The van der Waals surface area contributed by atoms with Crippen LogP contribution in [0, 0.1) is 6.92 Å². The summed E-state index contributed by atoms with van der Waals surface area (Å²) in [5.41, 5.74) is 6.51. The Morgan fingerprint density at radius 1 is 1.47 bits per heavy atom. The minimum atomic E-state index is -3.60. The summed E-state index contributed by atoms with van der Waals surface area (Å²) in [7, 11) is -2.11. The molecule has 96 valence electrons. The van der Waals surface area contributed by atoms with Gasteiger partial charge in [0.1, 0.15) is 0 Å². The molecule has 1 rings (SSSR count). The highest BCUT2D eigenvalue weighted by Crippen LogP contribution is 2.25. The molecule has 0 unspecified atom stereocenters. The first-order chi connectivity index (χ1) is 7.88. The van der Waals surface area contributed by atoms with E-state index in [9.17, 15) is 8.42 Å². The second-order valence-electron chi connectivity index (χ2n) is 3.51. The fraction of sp³-hybridized carbons (Fsp3) is 0.400. The highest BCUT2D eigenvalue weighted by molar-refractivity contribution is 7.89. The molecule has 1 aromatic rings. The number of rotatable bonds is 5. The number of sulfonamides is 1. The van der Waals surface area contributed by atoms with Crippen LogP contribution in [0.2, 0.25) is 5.02 Å². The van der Waals surface area contributed by atoms with Gasteiger partial charge in [-0.2, -0.15) is 0 Å². The molecular weight excluding hydrogens is 264 g/mol. The minimum absolute atomic E-state index is 0.0959. The van der Waals surface area contributed by atoms with E-state index in [-0.39, 0.29) is 11.4 Å². The minimum Gasteiger partial charge on any atom is -0.398 e. The van der Waals surface area contributed by atoms with E-state index in [0.29, 0.717) is 22.9 Å². The Kier molecular flexibility index (Phi) is 4.76. The maximum absolute atomic E-state index is 12.0. The van der Waals surface area contributed by atoms with Gasteiger partial charge in [0.15, 0.2) is 0 Å². The normalized spacial score (nSPS) is 11.7. The van der Waals surface area contributed by atoms with Crippen LogP contribution in [0.5, 0.6) is 0 Å². The summed E-state index contributed by atoms with van der Waals surface area (Å²) in [6, 6.07) is 2.90. The van der Waals surface area contributed by atoms with Gasteiger partial charge in [0.05, 0.1) is 11.5 Å². The van der Waals surface area contributed by atoms with Gasteiger partial charge in [-0.1, -0.05) is 11.6 Å². The summed E-state index contributed by atoms with van der Waals surface area (Å²) < 4.78 is 31.1. The molecule has 0 fully saturated rings. The second-order valence-corrected chi connectivity index (χ2v) is 5.68. The molecule has 0 saturated heterocycles. The van der Waals surface area contributed by atoms with Crippen LogP contribution in [0.25, 0.3) is 0 Å². The SMILES string of the molecule is COCCNS(=O)(=O)c1cc(Cl)cc(N)c1C. The van der Waals surface area contributed by atoms with Crippen LogP contribution in [0.1, 0.15) is 5.56 Å². The zero-order valence-corrected chi connectivity index (χ0v) is 11.2. The number of nitrogens with two attached hydrogens (primary N) is 1. The third-order valence-corrected chi connectivity index (χ3v) is 4.06. The number of anilines is 1. The predicted octanol–water partition coefficient (Wildman–Crippen LogP) is 1.16. The van der Waals surface area contributed by atoms with Crippen molar-refractivity contribution in [3.63, 3.8) is 0 Å². The van der Waals surface area contributed by atoms with Gasteiger partial charge < -0.3 is 10.5 Å². The van der Waals surface area contributed by atoms with Crippen molar-refractivity contribution < 1.29 is 13.2 Å². The maximum Gasteiger partial charge on any atom is 0.241 e. The van der Waals surface area contributed by atoms with Gasteiger partial charge >= 0.3 is 0 Å². The van der Waals surface area contributed by atoms with Gasteiger partial charge in [0, 0.05) is 24.4 Å². The largest absolute Gasteiger partial charge is 0.398 e. The van der Waals surface area contributed by atoms with E-state index in [1.165, 1.54) is 19.2 Å². The number of ether oxygens (including phenoxy) is 1. The Balaban J connectivity index is 3.06. The third kappa shape index (κ3) is 3.57. The Labute approximate surface area is 106 Å². The zero-order valence-electron chi connectivity index (χ0n) is 9.66. The van der Waals surface area contributed by atoms with E-state index < -0.39 is 10.0 Å². The van der Waals surface area contributed by atoms with E-state index in [4.69, 9.17) is 22.1 Å². The Bertz CT molecular complexity index is 503. The monoisotopic (exact) mass is 278 g/mol. The molecule has 0 heterocycles. The lowest BCUT2D eigenvalue weighted by Crippen LogP contribution is -2.28. The molecule has 0 aliphatic heterocycles. The predicted molar refractivity (Wildman–Crippen MR) is 67.7 cm³/mol. The van der Waals surface area contributed by atoms with Crippen molar-refractivity contribution in [3.05, 3.63) is 22.7 Å². The number of hydrogen-bond donors (Lipinski definition) is 2. The smallest absolute Gasteiger partial charge is 0.241 e. The Morgan fingerprint density at radius 2 is 2.12 bits per heavy atom. The average molecular weight is 279 g/mol. The molecule has 0 amide bonds. The number of benzene rings is 1. The maximum atomic E-state index is 12.0. The van der Waals surface area contributed by atoms with Crippen LogP contribution in [0.4, 0.5) is 5.69 Å². The Hall–Kier alpha value is -0.820. The number of nitrogens with one attached hydrogen (secondary N) is 1. The zero-order chi connectivity index (χ0) is 13.1. The van der Waals surface area contributed by atoms with Crippen LogP contribution < -0.4 is 10.5 Å². The van der Waals surface area contributed by atoms with Gasteiger partial charge in [-0.05, 0) is 24.6 Å². The van der Waals surface area contributed by atoms with Crippen LogP contribution in [-0.2, 0) is 14.8 Å². The van der Waals surface area contributed by atoms with Crippen molar-refractivity contribution in [3.8, 4) is 0 Å². The van der Waals surface area contributed by atoms with Crippen molar-refractivity contribution in [1.82, 2.24) is 4.72 Å². The summed E-state index contributed by atoms with van der Waals surface area (Å²) >= 11 is 5.79. The topological polar surface area (TPSA) is 81.4 Å². The van der Waals surface area contributed by atoms with Crippen LogP contribution in [-0.4, -0.2) is 28.7 Å². The van der Waals surface area contributed by atoms with Crippen molar-refractivity contribution in [1.29, 1.82) is 0 Å². The number of nitrogen functional groups attached to an aromatic ring is 1. The van der Waals surface area contributed by atoms with E-state index in [2.05, 4.69) is 4.72 Å². The lowest BCUT2D eigenvalue weighted by Gasteiger charge is -2.11. The first kappa shape index (κ1) is 14.2. The second kappa shape index (κ2) is 5.68. The summed E-state index contributed by atoms with van der Waals surface area (Å²) in [4.78, 5) is 0.0959. The molecule has 0 spiro atoms. The molecule has 3 N–H and O–H groups in total. The fourth-order valence-electron chi connectivity index (χ4n) is 1.31. The van der Waals surface area contributed by atoms with E-state index in [1.54, 1.807) is 6.92 Å². The molecule has 1 aromatic carbocycles. The molecule has 17 heavy (non-hydrogen) atoms. The highest BCUT2D eigenvalue weighted by atomic mass is 35.5. The van der Waals surface area contributed by atoms with Gasteiger partial charge in [0.2, 0.25) is 10.0 Å². The Morgan fingerprint density at radius 3 is 2.71 bits per heavy atom. The van der Waals surface area contributed by atoms with Crippen LogP contribution in [0.15, 0.2) is 17.0 Å². The molecule has 0 bridgehead atoms. The average Bonchev–Trinajstić information content (AvgIpc) is 2.23. The molecule has 0 aromatic heterocycles. The van der Waals surface area contributed by atoms with Crippen LogP contribution >= 0.6 is 11.6 Å². The summed E-state index contributed by atoms with van der Waals surface area (Å²) in [6.45, 7) is 2.13. The number of methoxy groups -OCH3 is 1. The lowest BCUT2D eigenvalue weighted by molar-refractivity contribution is 0.204. The van der Waals surface area contributed by atoms with Crippen molar-refractivity contribution in [2.24, 2.45) is 0 Å². The van der Waals surface area contributed by atoms with E-state index in [1.807, 2.05) is 0 Å². The lowest BCUT2D eigenvalue weighted by atomic mass is 10.2. The van der Waals surface area contributed by atoms with E-state index in [0.717, 1.165) is 0 Å². The van der Waals surface area contributed by atoms with Crippen LogP contribution in [0.3, 0.4) is 0 Å². The van der Waals surface area contributed by atoms with Gasteiger partial charge in [-0.3, -0.25) is 0 Å². The van der Waals surface area contributed by atoms with Crippen molar-refractivity contribution in [2.45, 2.75) is 11.8 Å². The van der Waals surface area contributed by atoms with Gasteiger partial charge in [-0.15, -0.1) is 0 Å². The molecule has 0 atom stereocenters. The third-order valence-electron chi connectivity index (χ3n) is 2.25. The fourth-order valence-corrected chi connectivity index (χ4v) is 2.91. The molecule has 7 heteroatoms. The van der Waals surface area contributed by atoms with Crippen molar-refractivity contribution in [2.75, 3.05) is 26.0 Å². The molecule has 0 aliphatic carbocycles. The molecule has 0 aliphatic rings. The number of hydrogen-bond acceptors (Lipinski definition) is 4. The first-order valence-electron chi connectivity index (χ1n) is 4.92. The highest BCUT2D eigenvalue weighted by Gasteiger charge is 2.18. The summed E-state index contributed by atoms with van der Waals surface area (Å²) in [5.74, 6) is 0. The summed E-state index contributed by atoms with van der Waals surface area (Å²) in [5, 5.41) is 0.292. The quantitative estimate of drug-likeness (QED) is 0.625. The molecule has 0 saturated carbocycles. The van der Waals surface area contributed by atoms with Crippen molar-refractivity contribution >= 4 is 27.3 Å². The van der Waals surface area contributed by atoms with E-state index >= 15 is 0 Å².